The Labute approximate surface area is 177 Å². The van der Waals surface area contributed by atoms with Crippen molar-refractivity contribution in [2.45, 2.75) is 31.4 Å². The van der Waals surface area contributed by atoms with Crippen LogP contribution in [0, 0.1) is 10.1 Å². The van der Waals surface area contributed by atoms with E-state index in [9.17, 15) is 19.7 Å². The molecule has 0 saturated carbocycles. The van der Waals surface area contributed by atoms with E-state index in [0.717, 1.165) is 5.56 Å². The fraction of sp³-hybridized carbons (Fsp3) is 0.300. The molecule has 0 aliphatic carbocycles. The van der Waals surface area contributed by atoms with Crippen molar-refractivity contribution >= 4 is 40.9 Å². The molecule has 152 valence electrons. The molecule has 0 aromatic heterocycles. The Morgan fingerprint density at radius 2 is 1.97 bits per heavy atom. The van der Waals surface area contributed by atoms with E-state index in [1.165, 1.54) is 40.9 Å². The molecule has 3 rings (SSSR count). The minimum atomic E-state index is -0.807. The zero-order chi connectivity index (χ0) is 21.1. The smallest absolute Gasteiger partial charge is 0.330 e. The predicted octanol–water partition coefficient (Wildman–Crippen LogP) is 4.46. The van der Waals surface area contributed by atoms with Gasteiger partial charge >= 0.3 is 5.97 Å². The van der Waals surface area contributed by atoms with E-state index in [1.807, 2.05) is 6.07 Å². The van der Waals surface area contributed by atoms with Crippen LogP contribution in [0.4, 0.5) is 5.69 Å². The molecular weight excluding hydrogens is 416 g/mol. The highest BCUT2D eigenvalue weighted by Crippen LogP contribution is 2.43. The minimum absolute atomic E-state index is 0.135. The van der Waals surface area contributed by atoms with Crippen LogP contribution in [0.3, 0.4) is 0 Å². The lowest BCUT2D eigenvalue weighted by Gasteiger charge is -2.29. The van der Waals surface area contributed by atoms with E-state index < -0.39 is 28.2 Å². The Hall–Kier alpha value is -2.58. The average Bonchev–Trinajstić information content (AvgIpc) is 3.12. The van der Waals surface area contributed by atoms with Crippen molar-refractivity contribution in [2.24, 2.45) is 0 Å². The molecule has 2 atom stereocenters. The molecule has 2 aromatic carbocycles. The van der Waals surface area contributed by atoms with E-state index in [-0.39, 0.29) is 17.4 Å². The van der Waals surface area contributed by atoms with Crippen LogP contribution in [-0.2, 0) is 9.53 Å². The van der Waals surface area contributed by atoms with Gasteiger partial charge in [-0.3, -0.25) is 14.9 Å². The Bertz CT molecular complexity index is 952. The number of esters is 1. The van der Waals surface area contributed by atoms with Crippen LogP contribution in [-0.4, -0.2) is 39.6 Å². The Kier molecular flexibility index (Phi) is 6.44. The van der Waals surface area contributed by atoms with Crippen LogP contribution < -0.4 is 0 Å². The summed E-state index contributed by atoms with van der Waals surface area (Å²) < 4.78 is 5.34. The predicted molar refractivity (Wildman–Crippen MR) is 111 cm³/mol. The first-order valence-electron chi connectivity index (χ1n) is 8.92. The number of nitro groups is 1. The summed E-state index contributed by atoms with van der Waals surface area (Å²) in [4.78, 5) is 38.0. The monoisotopic (exact) mass is 434 g/mol. The van der Waals surface area contributed by atoms with Gasteiger partial charge < -0.3 is 9.64 Å². The van der Waals surface area contributed by atoms with E-state index in [1.54, 1.807) is 32.0 Å². The Balaban J connectivity index is 2.00. The summed E-state index contributed by atoms with van der Waals surface area (Å²) in [6.45, 7) is 3.47. The van der Waals surface area contributed by atoms with Gasteiger partial charge in [0.1, 0.15) is 11.4 Å². The van der Waals surface area contributed by atoms with Gasteiger partial charge in [-0.05, 0) is 37.6 Å². The molecule has 9 heteroatoms. The summed E-state index contributed by atoms with van der Waals surface area (Å²) in [5.74, 6) is -0.631. The molecule has 0 bridgehead atoms. The first-order chi connectivity index (χ1) is 13.8. The summed E-state index contributed by atoms with van der Waals surface area (Å²) in [5.41, 5.74) is 0.709. The number of carbonyl (C=O) groups excluding carboxylic acids is 2. The van der Waals surface area contributed by atoms with Gasteiger partial charge in [-0.2, -0.15) is 0 Å². The number of benzene rings is 2. The highest BCUT2D eigenvalue weighted by atomic mass is 35.5. The molecule has 1 aliphatic heterocycles. The van der Waals surface area contributed by atoms with Crippen LogP contribution in [0.5, 0.6) is 0 Å². The molecule has 0 spiro atoms. The lowest BCUT2D eigenvalue weighted by Crippen LogP contribution is -2.44. The second kappa shape index (κ2) is 8.84. The number of ether oxygens (including phenoxy) is 1. The van der Waals surface area contributed by atoms with Crippen molar-refractivity contribution < 1.29 is 19.2 Å². The molecule has 29 heavy (non-hydrogen) atoms. The highest BCUT2D eigenvalue weighted by Gasteiger charge is 2.44. The van der Waals surface area contributed by atoms with E-state index in [4.69, 9.17) is 16.3 Å². The van der Waals surface area contributed by atoms with Crippen molar-refractivity contribution in [1.82, 2.24) is 4.90 Å². The molecule has 1 fully saturated rings. The quantitative estimate of drug-likeness (QED) is 0.392. The average molecular weight is 435 g/mol. The molecule has 7 nitrogen and oxygen atoms in total. The second-order valence-corrected chi connectivity index (χ2v) is 8.31. The van der Waals surface area contributed by atoms with E-state index >= 15 is 0 Å². The number of carbonyl (C=O) groups is 2. The maximum Gasteiger partial charge on any atom is 0.330 e. The third-order valence-electron chi connectivity index (χ3n) is 4.30. The largest absolute Gasteiger partial charge is 0.461 e. The van der Waals surface area contributed by atoms with E-state index in [2.05, 4.69) is 0 Å². The molecular formula is C20H19ClN2O5S. The second-order valence-electron chi connectivity index (χ2n) is 6.76. The fourth-order valence-corrected chi connectivity index (χ4v) is 4.67. The molecule has 1 saturated heterocycles. The van der Waals surface area contributed by atoms with Gasteiger partial charge in [-0.15, -0.1) is 11.8 Å². The summed E-state index contributed by atoms with van der Waals surface area (Å²) in [6.07, 6.45) is -0.326. The van der Waals surface area contributed by atoms with Crippen molar-refractivity contribution in [3.8, 4) is 0 Å². The van der Waals surface area contributed by atoms with Gasteiger partial charge in [-0.25, -0.2) is 4.79 Å². The number of nitrogens with zero attached hydrogens (tertiary/aromatic N) is 2. The van der Waals surface area contributed by atoms with Crippen LogP contribution in [0.25, 0.3) is 0 Å². The summed E-state index contributed by atoms with van der Waals surface area (Å²) >= 11 is 7.53. The number of hydrogen-bond donors (Lipinski definition) is 0. The topological polar surface area (TPSA) is 89.8 Å². The van der Waals surface area contributed by atoms with Gasteiger partial charge in [0.25, 0.3) is 11.6 Å². The Morgan fingerprint density at radius 3 is 2.62 bits per heavy atom. The van der Waals surface area contributed by atoms with Crippen molar-refractivity contribution in [2.75, 3.05) is 5.75 Å². The number of nitro benzene ring substituents is 1. The number of hydrogen-bond acceptors (Lipinski definition) is 6. The maximum atomic E-state index is 13.3. The molecule has 1 aliphatic rings. The summed E-state index contributed by atoms with van der Waals surface area (Å²) in [7, 11) is 0. The Morgan fingerprint density at radius 1 is 1.24 bits per heavy atom. The SMILES string of the molecule is CC(C)OC(=O)C1CSC(c2cccc(Cl)c2)N1C(=O)c1cccc([N+](=O)[O-])c1. The van der Waals surface area contributed by atoms with Crippen LogP contribution in [0.2, 0.25) is 5.02 Å². The van der Waals surface area contributed by atoms with Gasteiger partial charge in [0, 0.05) is 28.5 Å². The number of amides is 1. The lowest BCUT2D eigenvalue weighted by atomic mass is 10.1. The van der Waals surface area contributed by atoms with Crippen molar-refractivity contribution in [3.05, 3.63) is 74.8 Å². The first-order valence-corrected chi connectivity index (χ1v) is 10.3. The molecule has 0 radical (unpaired) electrons. The highest BCUT2D eigenvalue weighted by molar-refractivity contribution is 7.99. The number of non-ortho nitro benzene ring substituents is 1. The zero-order valence-corrected chi connectivity index (χ0v) is 17.4. The summed E-state index contributed by atoms with van der Waals surface area (Å²) in [6, 6.07) is 11.7. The number of thioether (sulfide) groups is 1. The van der Waals surface area contributed by atoms with Crippen molar-refractivity contribution in [3.63, 3.8) is 0 Å². The van der Waals surface area contributed by atoms with Gasteiger partial charge in [-0.1, -0.05) is 29.8 Å². The maximum absolute atomic E-state index is 13.3. The van der Waals surface area contributed by atoms with Crippen molar-refractivity contribution in [1.29, 1.82) is 0 Å². The number of rotatable bonds is 5. The third kappa shape index (κ3) is 4.71. The van der Waals surface area contributed by atoms with Gasteiger partial charge in [0.15, 0.2) is 0 Å². The zero-order valence-electron chi connectivity index (χ0n) is 15.8. The first kappa shape index (κ1) is 21.1. The molecule has 1 heterocycles. The van der Waals surface area contributed by atoms with Gasteiger partial charge in [0.2, 0.25) is 0 Å². The minimum Gasteiger partial charge on any atom is -0.461 e. The van der Waals surface area contributed by atoms with Gasteiger partial charge in [0.05, 0.1) is 11.0 Å². The van der Waals surface area contributed by atoms with E-state index in [0.29, 0.717) is 10.8 Å². The summed E-state index contributed by atoms with van der Waals surface area (Å²) in [5, 5.41) is 11.1. The van der Waals surface area contributed by atoms with Crippen LogP contribution in [0.15, 0.2) is 48.5 Å². The lowest BCUT2D eigenvalue weighted by molar-refractivity contribution is -0.384. The molecule has 2 aromatic rings. The third-order valence-corrected chi connectivity index (χ3v) is 5.85. The van der Waals surface area contributed by atoms with Crippen LogP contribution in [0.1, 0.15) is 35.1 Å². The molecule has 0 N–H and O–H groups in total. The normalized spacial score (nSPS) is 18.7. The van der Waals surface area contributed by atoms with Crippen LogP contribution >= 0.6 is 23.4 Å². The fourth-order valence-electron chi connectivity index (χ4n) is 3.07. The molecule has 1 amide bonds. The molecule has 2 unspecified atom stereocenters. The number of halogens is 1. The standard InChI is InChI=1S/C20H19ClN2O5S/c1-12(2)28-20(25)17-11-29-19(14-6-3-7-15(21)9-14)22(17)18(24)13-5-4-8-16(10-13)23(26)27/h3-10,12,17,19H,11H2,1-2H3.